The van der Waals surface area contributed by atoms with E-state index in [-0.39, 0.29) is 12.5 Å². The smallest absolute Gasteiger partial charge is 0.250 e. The van der Waals surface area contributed by atoms with E-state index < -0.39 is 0 Å². The molecule has 0 saturated heterocycles. The van der Waals surface area contributed by atoms with Crippen molar-refractivity contribution in [3.8, 4) is 0 Å². The highest BCUT2D eigenvalue weighted by molar-refractivity contribution is 7.09. The number of aryl methyl sites for hydroxylation is 1. The molecule has 2 rings (SSSR count). The number of carbonyl (C=O) groups is 1. The summed E-state index contributed by atoms with van der Waals surface area (Å²) >= 11 is 1.69. The second-order valence-electron chi connectivity index (χ2n) is 4.52. The molecule has 3 N–H and O–H groups in total. The summed E-state index contributed by atoms with van der Waals surface area (Å²) in [7, 11) is 0. The second-order valence-corrected chi connectivity index (χ2v) is 5.55. The van der Waals surface area contributed by atoms with Gasteiger partial charge in [0.2, 0.25) is 5.91 Å². The van der Waals surface area contributed by atoms with Gasteiger partial charge >= 0.3 is 0 Å². The third-order valence-corrected chi connectivity index (χ3v) is 3.72. The highest BCUT2D eigenvalue weighted by Gasteiger charge is 2.05. The number of benzene rings is 1. The first-order valence-corrected chi connectivity index (χ1v) is 7.29. The van der Waals surface area contributed by atoms with Gasteiger partial charge in [0.05, 0.1) is 18.0 Å². The molecule has 1 aromatic heterocycles. The first kappa shape index (κ1) is 14.6. The van der Waals surface area contributed by atoms with E-state index in [1.54, 1.807) is 17.4 Å². The standard InChI is InChI=1S/C15H18N2O2S/c1-11-4-5-14(13(16)9-11)17-15(18)10-19-7-6-12-3-2-8-20-12/h2-5,8-9H,6-7,10,16H2,1H3,(H,17,18). The summed E-state index contributed by atoms with van der Waals surface area (Å²) < 4.78 is 5.36. The van der Waals surface area contributed by atoms with E-state index in [0.717, 1.165) is 12.0 Å². The van der Waals surface area contributed by atoms with Crippen molar-refractivity contribution < 1.29 is 9.53 Å². The number of nitrogens with one attached hydrogen (secondary N) is 1. The number of hydrogen-bond donors (Lipinski definition) is 2. The van der Waals surface area contributed by atoms with Gasteiger partial charge in [0.25, 0.3) is 0 Å². The number of nitrogen functional groups attached to an aromatic ring is 1. The Labute approximate surface area is 122 Å². The second kappa shape index (κ2) is 7.07. The molecule has 106 valence electrons. The number of amides is 1. The molecule has 0 spiro atoms. The van der Waals surface area contributed by atoms with Crippen LogP contribution in [0.3, 0.4) is 0 Å². The van der Waals surface area contributed by atoms with E-state index in [0.29, 0.717) is 18.0 Å². The molecule has 20 heavy (non-hydrogen) atoms. The van der Waals surface area contributed by atoms with Crippen LogP contribution in [0.4, 0.5) is 11.4 Å². The molecule has 4 nitrogen and oxygen atoms in total. The minimum Gasteiger partial charge on any atom is -0.397 e. The number of anilines is 2. The molecule has 0 unspecified atom stereocenters. The molecule has 0 aliphatic rings. The molecule has 1 amide bonds. The van der Waals surface area contributed by atoms with Crippen LogP contribution in [0.25, 0.3) is 0 Å². The normalized spacial score (nSPS) is 10.4. The lowest BCUT2D eigenvalue weighted by molar-refractivity contribution is -0.120. The third-order valence-electron chi connectivity index (χ3n) is 2.79. The summed E-state index contributed by atoms with van der Waals surface area (Å²) in [6.45, 7) is 2.53. The molecule has 0 saturated carbocycles. The van der Waals surface area contributed by atoms with Crippen LogP contribution in [0.15, 0.2) is 35.7 Å². The van der Waals surface area contributed by atoms with Gasteiger partial charge in [-0.25, -0.2) is 0 Å². The summed E-state index contributed by atoms with van der Waals surface area (Å²) in [4.78, 5) is 13.0. The largest absolute Gasteiger partial charge is 0.397 e. The molecule has 0 aliphatic heterocycles. The lowest BCUT2D eigenvalue weighted by Gasteiger charge is -2.09. The Morgan fingerprint density at radius 3 is 2.95 bits per heavy atom. The predicted molar refractivity (Wildman–Crippen MR) is 83.1 cm³/mol. The highest BCUT2D eigenvalue weighted by Crippen LogP contribution is 2.19. The Kier molecular flexibility index (Phi) is 5.15. The maximum absolute atomic E-state index is 11.7. The molecule has 0 radical (unpaired) electrons. The summed E-state index contributed by atoms with van der Waals surface area (Å²) in [5.74, 6) is -0.188. The van der Waals surface area contributed by atoms with E-state index >= 15 is 0 Å². The number of hydrogen-bond acceptors (Lipinski definition) is 4. The van der Waals surface area contributed by atoms with E-state index in [1.165, 1.54) is 4.88 Å². The van der Waals surface area contributed by atoms with E-state index in [1.807, 2.05) is 30.5 Å². The number of ether oxygens (including phenoxy) is 1. The molecule has 0 bridgehead atoms. The zero-order chi connectivity index (χ0) is 14.4. The number of carbonyl (C=O) groups excluding carboxylic acids is 1. The lowest BCUT2D eigenvalue weighted by Crippen LogP contribution is -2.19. The van der Waals surface area contributed by atoms with Crippen molar-refractivity contribution in [3.05, 3.63) is 46.2 Å². The molecule has 5 heteroatoms. The van der Waals surface area contributed by atoms with Crippen LogP contribution >= 0.6 is 11.3 Å². The fourth-order valence-corrected chi connectivity index (χ4v) is 2.46. The molecule has 1 aromatic carbocycles. The number of nitrogens with two attached hydrogens (primary N) is 1. The van der Waals surface area contributed by atoms with E-state index in [9.17, 15) is 4.79 Å². The zero-order valence-corrected chi connectivity index (χ0v) is 12.2. The Balaban J connectivity index is 1.72. The van der Waals surface area contributed by atoms with Gasteiger partial charge in [-0.05, 0) is 36.1 Å². The summed E-state index contributed by atoms with van der Waals surface area (Å²) in [5.41, 5.74) is 8.09. The van der Waals surface area contributed by atoms with Crippen LogP contribution in [-0.4, -0.2) is 19.1 Å². The number of thiophene rings is 1. The Morgan fingerprint density at radius 2 is 2.25 bits per heavy atom. The van der Waals surface area contributed by atoms with Crippen LogP contribution < -0.4 is 11.1 Å². The van der Waals surface area contributed by atoms with Crippen LogP contribution in [0, 0.1) is 6.92 Å². The van der Waals surface area contributed by atoms with Crippen molar-refractivity contribution in [1.82, 2.24) is 0 Å². The van der Waals surface area contributed by atoms with Gasteiger partial charge in [-0.3, -0.25) is 4.79 Å². The van der Waals surface area contributed by atoms with Gasteiger partial charge in [-0.2, -0.15) is 0 Å². The van der Waals surface area contributed by atoms with Crippen molar-refractivity contribution in [1.29, 1.82) is 0 Å². The molecular weight excluding hydrogens is 272 g/mol. The van der Waals surface area contributed by atoms with Crippen molar-refractivity contribution >= 4 is 28.6 Å². The molecular formula is C15H18N2O2S. The predicted octanol–water partition coefficient (Wildman–Crippen LogP) is 2.84. The Bertz CT molecular complexity index is 567. The SMILES string of the molecule is Cc1ccc(NC(=O)COCCc2cccs2)c(N)c1. The van der Waals surface area contributed by atoms with Gasteiger partial charge < -0.3 is 15.8 Å². The minimum atomic E-state index is -0.188. The quantitative estimate of drug-likeness (QED) is 0.635. The fraction of sp³-hybridized carbons (Fsp3) is 0.267. The topological polar surface area (TPSA) is 64.3 Å². The average Bonchev–Trinajstić information content (AvgIpc) is 2.91. The monoisotopic (exact) mass is 290 g/mol. The average molecular weight is 290 g/mol. The molecule has 1 heterocycles. The molecule has 0 aliphatic carbocycles. The highest BCUT2D eigenvalue weighted by atomic mass is 32.1. The molecule has 0 fully saturated rings. The van der Waals surface area contributed by atoms with Crippen LogP contribution in [-0.2, 0) is 16.0 Å². The van der Waals surface area contributed by atoms with E-state index in [4.69, 9.17) is 10.5 Å². The summed E-state index contributed by atoms with van der Waals surface area (Å²) in [6, 6.07) is 9.60. The Hall–Kier alpha value is -1.85. The maximum atomic E-state index is 11.7. The van der Waals surface area contributed by atoms with Crippen LogP contribution in [0.5, 0.6) is 0 Å². The van der Waals surface area contributed by atoms with Crippen LogP contribution in [0.2, 0.25) is 0 Å². The first-order chi connectivity index (χ1) is 9.65. The maximum Gasteiger partial charge on any atom is 0.250 e. The van der Waals surface area contributed by atoms with Crippen LogP contribution in [0.1, 0.15) is 10.4 Å². The zero-order valence-electron chi connectivity index (χ0n) is 11.4. The van der Waals surface area contributed by atoms with Gasteiger partial charge in [0, 0.05) is 11.3 Å². The first-order valence-electron chi connectivity index (χ1n) is 6.41. The summed E-state index contributed by atoms with van der Waals surface area (Å²) in [5, 5.41) is 4.77. The van der Waals surface area contributed by atoms with Gasteiger partial charge in [0.15, 0.2) is 0 Å². The van der Waals surface area contributed by atoms with Crippen molar-refractivity contribution in [3.63, 3.8) is 0 Å². The van der Waals surface area contributed by atoms with Crippen molar-refractivity contribution in [2.75, 3.05) is 24.3 Å². The van der Waals surface area contributed by atoms with Gasteiger partial charge in [0.1, 0.15) is 6.61 Å². The van der Waals surface area contributed by atoms with Crippen molar-refractivity contribution in [2.45, 2.75) is 13.3 Å². The minimum absolute atomic E-state index is 0.0404. The lowest BCUT2D eigenvalue weighted by atomic mass is 10.2. The number of rotatable bonds is 6. The molecule has 0 atom stereocenters. The van der Waals surface area contributed by atoms with Gasteiger partial charge in [-0.15, -0.1) is 11.3 Å². The van der Waals surface area contributed by atoms with E-state index in [2.05, 4.69) is 11.4 Å². The fourth-order valence-electron chi connectivity index (χ4n) is 1.77. The third kappa shape index (κ3) is 4.36. The van der Waals surface area contributed by atoms with Gasteiger partial charge in [-0.1, -0.05) is 12.1 Å². The summed E-state index contributed by atoms with van der Waals surface area (Å²) in [6.07, 6.45) is 0.831. The molecule has 2 aromatic rings. The Morgan fingerprint density at radius 1 is 1.40 bits per heavy atom. The van der Waals surface area contributed by atoms with Crippen molar-refractivity contribution in [2.24, 2.45) is 0 Å².